The van der Waals surface area contributed by atoms with Crippen LogP contribution in [0, 0.1) is 17.0 Å². The van der Waals surface area contributed by atoms with E-state index in [4.69, 9.17) is 16.6 Å². The highest BCUT2D eigenvalue weighted by Crippen LogP contribution is 2.30. The summed E-state index contributed by atoms with van der Waals surface area (Å²) in [4.78, 5) is 18.1. The van der Waals surface area contributed by atoms with E-state index in [0.29, 0.717) is 17.2 Å². The van der Waals surface area contributed by atoms with Crippen molar-refractivity contribution in [2.75, 3.05) is 26.2 Å². The second-order valence-electron chi connectivity index (χ2n) is 7.12. The van der Waals surface area contributed by atoms with E-state index in [1.807, 2.05) is 29.5 Å². The van der Waals surface area contributed by atoms with Crippen LogP contribution >= 0.6 is 11.6 Å². The van der Waals surface area contributed by atoms with Crippen molar-refractivity contribution in [2.24, 2.45) is 0 Å². The van der Waals surface area contributed by atoms with Crippen LogP contribution in [0.25, 0.3) is 16.9 Å². The number of nitrogens with one attached hydrogen (secondary N) is 1. The number of aryl methyl sites for hydroxylation is 1. The van der Waals surface area contributed by atoms with Crippen molar-refractivity contribution < 1.29 is 4.92 Å². The molecule has 7 nitrogen and oxygen atoms in total. The van der Waals surface area contributed by atoms with Gasteiger partial charge in [-0.3, -0.25) is 19.4 Å². The van der Waals surface area contributed by atoms with Crippen LogP contribution in [-0.2, 0) is 6.54 Å². The Hall–Kier alpha value is -2.48. The zero-order valence-corrected chi connectivity index (χ0v) is 16.4. The van der Waals surface area contributed by atoms with Gasteiger partial charge < -0.3 is 5.32 Å². The monoisotopic (exact) mass is 399 g/mol. The molecule has 1 fully saturated rings. The molecule has 1 aliphatic rings. The second-order valence-corrected chi connectivity index (χ2v) is 7.53. The average molecular weight is 400 g/mol. The van der Waals surface area contributed by atoms with Crippen LogP contribution in [0.3, 0.4) is 0 Å². The molecule has 1 aromatic carbocycles. The van der Waals surface area contributed by atoms with Gasteiger partial charge in [-0.05, 0) is 50.2 Å². The Morgan fingerprint density at radius 3 is 2.89 bits per heavy atom. The van der Waals surface area contributed by atoms with Crippen molar-refractivity contribution in [1.82, 2.24) is 19.6 Å². The number of pyridine rings is 1. The lowest BCUT2D eigenvalue weighted by Gasteiger charge is -2.20. The number of aromatic nitrogens is 2. The molecule has 0 amide bonds. The number of nitro groups is 1. The highest BCUT2D eigenvalue weighted by Gasteiger charge is 2.20. The van der Waals surface area contributed by atoms with Crippen LogP contribution in [0.4, 0.5) is 5.69 Å². The molecule has 3 aromatic rings. The number of rotatable bonds is 4. The van der Waals surface area contributed by atoms with E-state index in [1.165, 1.54) is 6.07 Å². The zero-order valence-electron chi connectivity index (χ0n) is 15.7. The molecule has 4 rings (SSSR count). The third kappa shape index (κ3) is 3.73. The molecule has 1 saturated heterocycles. The maximum atomic E-state index is 11.3. The number of benzene rings is 1. The smallest absolute Gasteiger partial charge is 0.286 e. The molecule has 0 atom stereocenters. The first-order valence-electron chi connectivity index (χ1n) is 9.38. The van der Waals surface area contributed by atoms with E-state index in [0.717, 1.165) is 55.1 Å². The minimum absolute atomic E-state index is 0.0579. The van der Waals surface area contributed by atoms with E-state index < -0.39 is 0 Å². The van der Waals surface area contributed by atoms with E-state index >= 15 is 0 Å². The molecule has 0 aliphatic carbocycles. The van der Waals surface area contributed by atoms with Gasteiger partial charge in [-0.15, -0.1) is 0 Å². The van der Waals surface area contributed by atoms with Gasteiger partial charge in [0.2, 0.25) is 0 Å². The van der Waals surface area contributed by atoms with Crippen molar-refractivity contribution >= 4 is 22.9 Å². The Morgan fingerprint density at radius 2 is 2.11 bits per heavy atom. The normalized spacial score (nSPS) is 15.6. The SMILES string of the molecule is Cc1cc(-c2nc3ccc([N+](=O)[O-])cn3c2CN2CCCNCC2)ccc1Cl. The molecule has 3 heterocycles. The summed E-state index contributed by atoms with van der Waals surface area (Å²) in [5.74, 6) is 0. The molecule has 2 aromatic heterocycles. The van der Waals surface area contributed by atoms with E-state index in [2.05, 4.69) is 10.2 Å². The van der Waals surface area contributed by atoms with Crippen molar-refractivity contribution in [3.05, 3.63) is 62.9 Å². The van der Waals surface area contributed by atoms with Gasteiger partial charge in [0.25, 0.3) is 5.69 Å². The van der Waals surface area contributed by atoms with Crippen LogP contribution in [0.5, 0.6) is 0 Å². The highest BCUT2D eigenvalue weighted by atomic mass is 35.5. The molecule has 8 heteroatoms. The molecule has 0 radical (unpaired) electrons. The maximum Gasteiger partial charge on any atom is 0.286 e. The fourth-order valence-corrected chi connectivity index (χ4v) is 3.75. The van der Waals surface area contributed by atoms with Crippen LogP contribution in [0.15, 0.2) is 36.5 Å². The Labute approximate surface area is 168 Å². The van der Waals surface area contributed by atoms with Crippen LogP contribution in [-0.4, -0.2) is 45.4 Å². The lowest BCUT2D eigenvalue weighted by atomic mass is 10.1. The van der Waals surface area contributed by atoms with Gasteiger partial charge in [-0.25, -0.2) is 4.98 Å². The van der Waals surface area contributed by atoms with Gasteiger partial charge in [-0.1, -0.05) is 17.7 Å². The molecule has 0 bridgehead atoms. The highest BCUT2D eigenvalue weighted by molar-refractivity contribution is 6.31. The summed E-state index contributed by atoms with van der Waals surface area (Å²) in [6.07, 6.45) is 2.65. The first-order valence-corrected chi connectivity index (χ1v) is 9.76. The number of hydrogen-bond acceptors (Lipinski definition) is 5. The maximum absolute atomic E-state index is 11.3. The fraction of sp³-hybridized carbons (Fsp3) is 0.350. The quantitative estimate of drug-likeness (QED) is 0.535. The van der Waals surface area contributed by atoms with Gasteiger partial charge in [0.15, 0.2) is 0 Å². The molecule has 0 unspecified atom stereocenters. The molecule has 1 aliphatic heterocycles. The molecule has 146 valence electrons. The van der Waals surface area contributed by atoms with Gasteiger partial charge in [0.1, 0.15) is 5.65 Å². The number of imidazole rings is 1. The standard InChI is InChI=1S/C20H22ClN5O2/c1-14-11-15(3-5-17(14)21)20-18(13-24-9-2-7-22-8-10-24)25-12-16(26(27)28)4-6-19(25)23-20/h3-6,11-12,22H,2,7-10,13H2,1H3. The minimum atomic E-state index is -0.370. The van der Waals surface area contributed by atoms with Crippen molar-refractivity contribution in [3.63, 3.8) is 0 Å². The topological polar surface area (TPSA) is 75.7 Å². The van der Waals surface area contributed by atoms with Crippen LogP contribution in [0.1, 0.15) is 17.7 Å². The lowest BCUT2D eigenvalue weighted by molar-refractivity contribution is -0.385. The number of halogens is 1. The summed E-state index contributed by atoms with van der Waals surface area (Å²) in [6.45, 7) is 6.51. The van der Waals surface area contributed by atoms with Gasteiger partial charge in [-0.2, -0.15) is 0 Å². The van der Waals surface area contributed by atoms with Gasteiger partial charge in [0.05, 0.1) is 22.5 Å². The molecule has 0 spiro atoms. The first kappa shape index (κ1) is 18.9. The predicted octanol–water partition coefficient (Wildman–Crippen LogP) is 3.67. The second kappa shape index (κ2) is 7.87. The van der Waals surface area contributed by atoms with E-state index in [-0.39, 0.29) is 10.6 Å². The van der Waals surface area contributed by atoms with Crippen LogP contribution in [0.2, 0.25) is 5.02 Å². The van der Waals surface area contributed by atoms with Crippen molar-refractivity contribution in [2.45, 2.75) is 19.9 Å². The summed E-state index contributed by atoms with van der Waals surface area (Å²) in [6, 6.07) is 9.06. The number of nitrogens with zero attached hydrogens (tertiary/aromatic N) is 4. The summed E-state index contributed by atoms with van der Waals surface area (Å²) in [5, 5.41) is 15.4. The Bertz CT molecular complexity index is 1020. The predicted molar refractivity (Wildman–Crippen MR) is 110 cm³/mol. The Morgan fingerprint density at radius 1 is 1.25 bits per heavy atom. The number of fused-ring (bicyclic) bond motifs is 1. The fourth-order valence-electron chi connectivity index (χ4n) is 3.64. The third-order valence-corrected chi connectivity index (χ3v) is 5.57. The van der Waals surface area contributed by atoms with Gasteiger partial charge in [0, 0.05) is 36.3 Å². The van der Waals surface area contributed by atoms with Crippen molar-refractivity contribution in [3.8, 4) is 11.3 Å². The Kier molecular flexibility index (Phi) is 5.30. The first-order chi connectivity index (χ1) is 13.5. The summed E-state index contributed by atoms with van der Waals surface area (Å²) < 4.78 is 1.86. The third-order valence-electron chi connectivity index (χ3n) is 5.15. The van der Waals surface area contributed by atoms with Crippen molar-refractivity contribution in [1.29, 1.82) is 0 Å². The minimum Gasteiger partial charge on any atom is -0.315 e. The lowest BCUT2D eigenvalue weighted by Crippen LogP contribution is -2.28. The largest absolute Gasteiger partial charge is 0.315 e. The zero-order chi connectivity index (χ0) is 19.7. The molecule has 28 heavy (non-hydrogen) atoms. The van der Waals surface area contributed by atoms with E-state index in [9.17, 15) is 10.1 Å². The summed E-state index contributed by atoms with van der Waals surface area (Å²) in [7, 11) is 0. The van der Waals surface area contributed by atoms with Crippen LogP contribution < -0.4 is 5.32 Å². The number of hydrogen-bond donors (Lipinski definition) is 1. The summed E-state index contributed by atoms with van der Waals surface area (Å²) >= 11 is 6.20. The Balaban J connectivity index is 1.84. The molecule has 0 saturated carbocycles. The van der Waals surface area contributed by atoms with E-state index in [1.54, 1.807) is 12.3 Å². The average Bonchev–Trinajstić information content (AvgIpc) is 2.84. The molecular weight excluding hydrogens is 378 g/mol. The van der Waals surface area contributed by atoms with Gasteiger partial charge >= 0.3 is 0 Å². The molecule has 1 N–H and O–H groups in total. The summed E-state index contributed by atoms with van der Waals surface area (Å²) in [5.41, 5.74) is 4.52. The molecular formula is C20H22ClN5O2.